The monoisotopic (exact) mass is 564 g/mol. The van der Waals surface area contributed by atoms with E-state index >= 15 is 0 Å². The maximum atomic E-state index is 13.8. The van der Waals surface area contributed by atoms with Crippen molar-refractivity contribution in [1.82, 2.24) is 19.7 Å². The molecule has 0 unspecified atom stereocenters. The lowest BCUT2D eigenvalue weighted by molar-refractivity contribution is -0.134. The Morgan fingerprint density at radius 3 is 1.79 bits per heavy atom. The molecule has 6 heteroatoms. The maximum absolute atomic E-state index is 13.8. The van der Waals surface area contributed by atoms with E-state index in [-0.39, 0.29) is 5.91 Å². The second kappa shape index (κ2) is 13.2. The summed E-state index contributed by atoms with van der Waals surface area (Å²) in [6.07, 6.45) is 7.79. The first-order chi connectivity index (χ1) is 20.5. The molecule has 2 saturated heterocycles. The van der Waals surface area contributed by atoms with Crippen molar-refractivity contribution in [3.63, 3.8) is 0 Å². The summed E-state index contributed by atoms with van der Waals surface area (Å²) in [6, 6.07) is 24.6. The number of hydrogen-bond donors (Lipinski definition) is 0. The zero-order valence-corrected chi connectivity index (χ0v) is 25.0. The van der Waals surface area contributed by atoms with Crippen molar-refractivity contribution in [2.45, 2.75) is 57.9 Å². The summed E-state index contributed by atoms with van der Waals surface area (Å²) >= 11 is 0. The standard InChI is InChI=1S/C36H44N4O2/c1-27-12-14-28(15-13-27)24-35(41)39-18-16-32(17-19-39)38-20-22-40(23-21-38)36(42)31-25-33(29-8-4-2-5-9-29)37-34(26-31)30-10-6-3-7-11-30/h2-11,25-28,32H,12-24H2,1H3. The van der Waals surface area contributed by atoms with Crippen LogP contribution in [0.3, 0.4) is 0 Å². The maximum Gasteiger partial charge on any atom is 0.254 e. The van der Waals surface area contributed by atoms with Gasteiger partial charge in [-0.1, -0.05) is 80.4 Å². The molecular formula is C36H44N4O2. The quantitative estimate of drug-likeness (QED) is 0.349. The van der Waals surface area contributed by atoms with Crippen molar-refractivity contribution < 1.29 is 9.59 Å². The van der Waals surface area contributed by atoms with Gasteiger partial charge in [-0.3, -0.25) is 14.5 Å². The molecule has 42 heavy (non-hydrogen) atoms. The number of piperidine rings is 1. The molecule has 0 bridgehead atoms. The number of amides is 2. The van der Waals surface area contributed by atoms with Crippen LogP contribution in [0.2, 0.25) is 0 Å². The number of pyridine rings is 1. The van der Waals surface area contributed by atoms with Gasteiger partial charge in [0.05, 0.1) is 11.4 Å². The minimum absolute atomic E-state index is 0.0731. The molecule has 6 nitrogen and oxygen atoms in total. The summed E-state index contributed by atoms with van der Waals surface area (Å²) in [6.45, 7) is 7.28. The molecule has 220 valence electrons. The molecular weight excluding hydrogens is 520 g/mol. The Morgan fingerprint density at radius 1 is 0.690 bits per heavy atom. The molecule has 3 aliphatic rings. The molecule has 0 spiro atoms. The van der Waals surface area contributed by atoms with E-state index < -0.39 is 0 Å². The van der Waals surface area contributed by atoms with Crippen LogP contribution in [0.25, 0.3) is 22.5 Å². The molecule has 0 atom stereocenters. The van der Waals surface area contributed by atoms with E-state index in [9.17, 15) is 9.59 Å². The highest BCUT2D eigenvalue weighted by atomic mass is 16.2. The first-order valence-electron chi connectivity index (χ1n) is 16.0. The summed E-state index contributed by atoms with van der Waals surface area (Å²) < 4.78 is 0. The molecule has 2 aromatic carbocycles. The van der Waals surface area contributed by atoms with Crippen LogP contribution >= 0.6 is 0 Å². The molecule has 2 aliphatic heterocycles. The largest absolute Gasteiger partial charge is 0.343 e. The van der Waals surface area contributed by atoms with Crippen LogP contribution in [0, 0.1) is 11.8 Å². The third-order valence-electron chi connectivity index (χ3n) is 9.75. The van der Waals surface area contributed by atoms with E-state index in [1.807, 2.05) is 77.7 Å². The number of piperazine rings is 1. The summed E-state index contributed by atoms with van der Waals surface area (Å²) in [5.74, 6) is 1.85. The number of likely N-dealkylation sites (tertiary alicyclic amines) is 1. The van der Waals surface area contributed by atoms with Gasteiger partial charge in [-0.05, 0) is 49.7 Å². The van der Waals surface area contributed by atoms with Gasteiger partial charge in [0.25, 0.3) is 5.91 Å². The minimum Gasteiger partial charge on any atom is -0.343 e. The van der Waals surface area contributed by atoms with Gasteiger partial charge in [0.1, 0.15) is 0 Å². The van der Waals surface area contributed by atoms with Crippen LogP contribution in [0.4, 0.5) is 0 Å². The van der Waals surface area contributed by atoms with Gasteiger partial charge in [-0.2, -0.15) is 0 Å². The van der Waals surface area contributed by atoms with E-state index in [2.05, 4.69) is 16.7 Å². The Morgan fingerprint density at radius 2 is 1.24 bits per heavy atom. The first kappa shape index (κ1) is 28.6. The molecule has 3 heterocycles. The van der Waals surface area contributed by atoms with Crippen molar-refractivity contribution >= 4 is 11.8 Å². The predicted molar refractivity (Wildman–Crippen MR) is 168 cm³/mol. The van der Waals surface area contributed by atoms with Gasteiger partial charge in [-0.25, -0.2) is 4.98 Å². The van der Waals surface area contributed by atoms with Crippen molar-refractivity contribution in [3.05, 3.63) is 78.4 Å². The smallest absolute Gasteiger partial charge is 0.254 e. The van der Waals surface area contributed by atoms with Gasteiger partial charge < -0.3 is 9.80 Å². The lowest BCUT2D eigenvalue weighted by atomic mass is 9.81. The van der Waals surface area contributed by atoms with Crippen LogP contribution in [0.5, 0.6) is 0 Å². The highest BCUT2D eigenvalue weighted by molar-refractivity contribution is 5.96. The van der Waals surface area contributed by atoms with Crippen molar-refractivity contribution in [2.24, 2.45) is 11.8 Å². The molecule has 1 aromatic heterocycles. The lowest BCUT2D eigenvalue weighted by Crippen LogP contribution is -2.54. The predicted octanol–water partition coefficient (Wildman–Crippen LogP) is 6.38. The number of nitrogens with zero attached hydrogens (tertiary/aromatic N) is 4. The van der Waals surface area contributed by atoms with Crippen LogP contribution in [0.15, 0.2) is 72.8 Å². The third kappa shape index (κ3) is 6.75. The van der Waals surface area contributed by atoms with Crippen molar-refractivity contribution in [3.8, 4) is 22.5 Å². The number of carbonyl (C=O) groups excluding carboxylic acids is 2. The topological polar surface area (TPSA) is 56.8 Å². The average Bonchev–Trinajstić information content (AvgIpc) is 3.06. The Balaban J connectivity index is 1.05. The summed E-state index contributed by atoms with van der Waals surface area (Å²) in [5.41, 5.74) is 4.34. The normalized spacial score (nSPS) is 22.2. The van der Waals surface area contributed by atoms with E-state index in [4.69, 9.17) is 4.98 Å². The Hall–Kier alpha value is -3.51. The Bertz CT molecular complexity index is 1280. The summed E-state index contributed by atoms with van der Waals surface area (Å²) in [4.78, 5) is 38.3. The molecule has 3 aromatic rings. The average molecular weight is 565 g/mol. The van der Waals surface area contributed by atoms with E-state index in [0.717, 1.165) is 87.0 Å². The zero-order valence-electron chi connectivity index (χ0n) is 25.0. The number of rotatable bonds is 6. The van der Waals surface area contributed by atoms with Crippen LogP contribution in [-0.4, -0.2) is 76.8 Å². The fourth-order valence-electron chi connectivity index (χ4n) is 7.03. The summed E-state index contributed by atoms with van der Waals surface area (Å²) in [7, 11) is 0. The van der Waals surface area contributed by atoms with Gasteiger partial charge in [-0.15, -0.1) is 0 Å². The minimum atomic E-state index is 0.0731. The lowest BCUT2D eigenvalue weighted by Gasteiger charge is -2.43. The Labute approximate surface area is 250 Å². The van der Waals surface area contributed by atoms with E-state index in [0.29, 0.717) is 23.4 Å². The fourth-order valence-corrected chi connectivity index (χ4v) is 7.03. The molecule has 2 amide bonds. The number of aromatic nitrogens is 1. The van der Waals surface area contributed by atoms with Crippen LogP contribution in [-0.2, 0) is 4.79 Å². The van der Waals surface area contributed by atoms with Gasteiger partial charge in [0.15, 0.2) is 0 Å². The second-order valence-corrected chi connectivity index (χ2v) is 12.6. The zero-order chi connectivity index (χ0) is 28.9. The van der Waals surface area contributed by atoms with Gasteiger partial charge >= 0.3 is 0 Å². The highest BCUT2D eigenvalue weighted by Gasteiger charge is 2.31. The molecule has 3 fully saturated rings. The SMILES string of the molecule is CC1CCC(CC(=O)N2CCC(N3CCN(C(=O)c4cc(-c5ccccc5)nc(-c5ccccc5)c4)CC3)CC2)CC1. The summed E-state index contributed by atoms with van der Waals surface area (Å²) in [5, 5.41) is 0. The third-order valence-corrected chi connectivity index (χ3v) is 9.75. The second-order valence-electron chi connectivity index (χ2n) is 12.6. The number of benzene rings is 2. The van der Waals surface area contributed by atoms with Gasteiger partial charge in [0.2, 0.25) is 5.91 Å². The molecule has 0 N–H and O–H groups in total. The molecule has 6 rings (SSSR count). The first-order valence-corrected chi connectivity index (χ1v) is 16.0. The van der Waals surface area contributed by atoms with E-state index in [1.54, 1.807) is 0 Å². The molecule has 0 radical (unpaired) electrons. The van der Waals surface area contributed by atoms with E-state index in [1.165, 1.54) is 25.7 Å². The van der Waals surface area contributed by atoms with Crippen molar-refractivity contribution in [2.75, 3.05) is 39.3 Å². The number of hydrogen-bond acceptors (Lipinski definition) is 4. The molecule has 1 saturated carbocycles. The van der Waals surface area contributed by atoms with Crippen LogP contribution < -0.4 is 0 Å². The fraction of sp³-hybridized carbons (Fsp3) is 0.472. The van der Waals surface area contributed by atoms with Gasteiger partial charge in [0, 0.05) is 68.4 Å². The highest BCUT2D eigenvalue weighted by Crippen LogP contribution is 2.31. The number of carbonyl (C=O) groups is 2. The van der Waals surface area contributed by atoms with Crippen LogP contribution in [0.1, 0.15) is 62.2 Å². The van der Waals surface area contributed by atoms with Crippen molar-refractivity contribution in [1.29, 1.82) is 0 Å². The molecule has 1 aliphatic carbocycles. The Kier molecular flexibility index (Phi) is 8.99.